The fourth-order valence-electron chi connectivity index (χ4n) is 2.52. The molecule has 2 aliphatic heterocycles. The van der Waals surface area contributed by atoms with Gasteiger partial charge in [-0.05, 0) is 33.2 Å². The highest BCUT2D eigenvalue weighted by Crippen LogP contribution is 2.21. The van der Waals surface area contributed by atoms with Crippen LogP contribution in [0.2, 0.25) is 0 Å². The summed E-state index contributed by atoms with van der Waals surface area (Å²) in [7, 11) is 1.88. The van der Waals surface area contributed by atoms with Gasteiger partial charge in [-0.2, -0.15) is 0 Å². The van der Waals surface area contributed by atoms with Gasteiger partial charge in [0.1, 0.15) is 0 Å². The van der Waals surface area contributed by atoms with Gasteiger partial charge in [0.2, 0.25) is 5.91 Å². The Balaban J connectivity index is 2.00. The summed E-state index contributed by atoms with van der Waals surface area (Å²) in [6.07, 6.45) is 3.23. The number of ether oxygens (including phenoxy) is 1. The van der Waals surface area contributed by atoms with Gasteiger partial charge in [0.05, 0.1) is 19.3 Å². The minimum atomic E-state index is 0.0194. The maximum absolute atomic E-state index is 12.3. The molecule has 2 rings (SSSR count). The molecule has 2 heterocycles. The van der Waals surface area contributed by atoms with Crippen LogP contribution in [0.25, 0.3) is 0 Å². The highest BCUT2D eigenvalue weighted by atomic mass is 16.5. The Kier molecular flexibility index (Phi) is 3.82. The number of likely N-dealkylation sites (N-methyl/N-ethyl adjacent to an activating group) is 1. The van der Waals surface area contributed by atoms with Crippen LogP contribution in [0, 0.1) is 5.92 Å². The number of nitrogens with one attached hydrogen (secondary N) is 1. The van der Waals surface area contributed by atoms with Crippen molar-refractivity contribution in [2.45, 2.75) is 38.3 Å². The van der Waals surface area contributed by atoms with Gasteiger partial charge in [-0.3, -0.25) is 4.79 Å². The van der Waals surface area contributed by atoms with Gasteiger partial charge in [-0.1, -0.05) is 0 Å². The molecule has 2 unspecified atom stereocenters. The van der Waals surface area contributed by atoms with Crippen LogP contribution in [0.5, 0.6) is 0 Å². The van der Waals surface area contributed by atoms with Crippen molar-refractivity contribution in [2.75, 3.05) is 26.8 Å². The number of hydrogen-bond donors (Lipinski definition) is 1. The largest absolute Gasteiger partial charge is 0.381 e. The Morgan fingerprint density at radius 1 is 1.44 bits per heavy atom. The lowest BCUT2D eigenvalue weighted by Crippen LogP contribution is -2.51. The first-order valence-corrected chi connectivity index (χ1v) is 6.28. The minimum Gasteiger partial charge on any atom is -0.381 e. The molecule has 0 aliphatic carbocycles. The Labute approximate surface area is 97.3 Å². The number of rotatable bonds is 3. The van der Waals surface area contributed by atoms with Crippen molar-refractivity contribution in [3.8, 4) is 0 Å². The Morgan fingerprint density at radius 3 is 2.75 bits per heavy atom. The van der Waals surface area contributed by atoms with Crippen LogP contribution in [-0.2, 0) is 9.53 Å². The van der Waals surface area contributed by atoms with Gasteiger partial charge in [0.25, 0.3) is 0 Å². The lowest BCUT2D eigenvalue weighted by Gasteiger charge is -2.36. The molecule has 2 aliphatic rings. The van der Waals surface area contributed by atoms with Crippen LogP contribution in [0.3, 0.4) is 0 Å². The van der Waals surface area contributed by atoms with Crippen molar-refractivity contribution in [1.29, 1.82) is 0 Å². The van der Waals surface area contributed by atoms with Gasteiger partial charge in [0.15, 0.2) is 0 Å². The third-order valence-electron chi connectivity index (χ3n) is 3.74. The van der Waals surface area contributed by atoms with Crippen molar-refractivity contribution in [3.05, 3.63) is 0 Å². The topological polar surface area (TPSA) is 41.6 Å². The van der Waals surface area contributed by atoms with Crippen molar-refractivity contribution in [2.24, 2.45) is 5.92 Å². The zero-order valence-electron chi connectivity index (χ0n) is 10.2. The Bertz CT molecular complexity index is 253. The molecule has 0 bridgehead atoms. The van der Waals surface area contributed by atoms with Gasteiger partial charge in [0, 0.05) is 18.5 Å². The SMILES string of the molecule is CNC1CCCC(C)N(CC2COC2)C1=O. The fourth-order valence-corrected chi connectivity index (χ4v) is 2.52. The molecule has 0 aromatic heterocycles. The summed E-state index contributed by atoms with van der Waals surface area (Å²) in [5.41, 5.74) is 0. The van der Waals surface area contributed by atoms with Gasteiger partial charge in [-0.25, -0.2) is 0 Å². The summed E-state index contributed by atoms with van der Waals surface area (Å²) in [4.78, 5) is 14.3. The average Bonchev–Trinajstić information content (AvgIpc) is 2.33. The second-order valence-electron chi connectivity index (χ2n) is 5.02. The number of hydrogen-bond acceptors (Lipinski definition) is 3. The van der Waals surface area contributed by atoms with Gasteiger partial charge < -0.3 is 15.0 Å². The van der Waals surface area contributed by atoms with Crippen molar-refractivity contribution >= 4 is 5.91 Å². The van der Waals surface area contributed by atoms with Crippen LogP contribution in [0.1, 0.15) is 26.2 Å². The monoisotopic (exact) mass is 226 g/mol. The van der Waals surface area contributed by atoms with E-state index in [0.717, 1.165) is 39.0 Å². The average molecular weight is 226 g/mol. The fraction of sp³-hybridized carbons (Fsp3) is 0.917. The predicted octanol–water partition coefficient (Wildman–Crippen LogP) is 0.622. The van der Waals surface area contributed by atoms with E-state index in [1.807, 2.05) is 7.05 Å². The number of amides is 1. The van der Waals surface area contributed by atoms with Crippen molar-refractivity contribution in [3.63, 3.8) is 0 Å². The lowest BCUT2D eigenvalue weighted by molar-refractivity contribution is -0.138. The van der Waals surface area contributed by atoms with Crippen molar-refractivity contribution in [1.82, 2.24) is 10.2 Å². The molecular formula is C12H22N2O2. The van der Waals surface area contributed by atoms with Crippen LogP contribution < -0.4 is 5.32 Å². The molecule has 0 aromatic rings. The lowest BCUT2D eigenvalue weighted by atomic mass is 10.1. The predicted molar refractivity (Wildman–Crippen MR) is 62.2 cm³/mol. The number of carbonyl (C=O) groups excluding carboxylic acids is 1. The molecule has 16 heavy (non-hydrogen) atoms. The first-order chi connectivity index (χ1) is 7.72. The summed E-state index contributed by atoms with van der Waals surface area (Å²) in [6.45, 7) is 4.68. The molecule has 4 heteroatoms. The van der Waals surface area contributed by atoms with Gasteiger partial charge in [-0.15, -0.1) is 0 Å². The van der Waals surface area contributed by atoms with E-state index >= 15 is 0 Å². The van der Waals surface area contributed by atoms with E-state index in [9.17, 15) is 4.79 Å². The molecule has 2 fully saturated rings. The second kappa shape index (κ2) is 5.15. The Morgan fingerprint density at radius 2 is 2.19 bits per heavy atom. The molecule has 0 saturated carbocycles. The molecule has 0 aromatic carbocycles. The number of likely N-dealkylation sites (tertiary alicyclic amines) is 1. The highest BCUT2D eigenvalue weighted by Gasteiger charge is 2.32. The zero-order valence-corrected chi connectivity index (χ0v) is 10.2. The van der Waals surface area contributed by atoms with E-state index in [1.54, 1.807) is 0 Å². The van der Waals surface area contributed by atoms with Crippen LogP contribution in [-0.4, -0.2) is 49.7 Å². The third-order valence-corrected chi connectivity index (χ3v) is 3.74. The maximum Gasteiger partial charge on any atom is 0.239 e. The van der Waals surface area contributed by atoms with Gasteiger partial charge >= 0.3 is 0 Å². The maximum atomic E-state index is 12.3. The standard InChI is InChI=1S/C12H22N2O2/c1-9-4-3-5-11(13-2)12(15)14(9)6-10-7-16-8-10/h9-11,13H,3-8H2,1-2H3. The first-order valence-electron chi connectivity index (χ1n) is 6.28. The molecule has 2 saturated heterocycles. The number of carbonyl (C=O) groups is 1. The van der Waals surface area contributed by atoms with E-state index in [4.69, 9.17) is 4.74 Å². The molecule has 1 N–H and O–H groups in total. The summed E-state index contributed by atoms with van der Waals surface area (Å²) in [5, 5.41) is 3.13. The van der Waals surface area contributed by atoms with Crippen LogP contribution in [0.4, 0.5) is 0 Å². The van der Waals surface area contributed by atoms with E-state index < -0.39 is 0 Å². The molecule has 0 spiro atoms. The quantitative estimate of drug-likeness (QED) is 0.767. The van der Waals surface area contributed by atoms with E-state index in [1.165, 1.54) is 0 Å². The normalized spacial score (nSPS) is 32.4. The molecule has 4 nitrogen and oxygen atoms in total. The second-order valence-corrected chi connectivity index (χ2v) is 5.02. The highest BCUT2D eigenvalue weighted by molar-refractivity contribution is 5.82. The zero-order chi connectivity index (χ0) is 11.5. The molecule has 2 atom stereocenters. The van der Waals surface area contributed by atoms with Crippen LogP contribution in [0.15, 0.2) is 0 Å². The number of nitrogens with zero attached hydrogens (tertiary/aromatic N) is 1. The molecule has 1 amide bonds. The van der Waals surface area contributed by atoms with E-state index in [2.05, 4.69) is 17.1 Å². The minimum absolute atomic E-state index is 0.0194. The third kappa shape index (κ3) is 2.38. The smallest absolute Gasteiger partial charge is 0.239 e. The molecular weight excluding hydrogens is 204 g/mol. The first kappa shape index (κ1) is 11.9. The molecule has 92 valence electrons. The summed E-state index contributed by atoms with van der Waals surface area (Å²) < 4.78 is 5.18. The van der Waals surface area contributed by atoms with Crippen molar-refractivity contribution < 1.29 is 9.53 Å². The summed E-state index contributed by atoms with van der Waals surface area (Å²) in [6, 6.07) is 0.400. The molecule has 0 radical (unpaired) electrons. The Hall–Kier alpha value is -0.610. The summed E-state index contributed by atoms with van der Waals surface area (Å²) in [5.74, 6) is 0.835. The van der Waals surface area contributed by atoms with E-state index in [-0.39, 0.29) is 11.9 Å². The van der Waals surface area contributed by atoms with Crippen LogP contribution >= 0.6 is 0 Å². The van der Waals surface area contributed by atoms with E-state index in [0.29, 0.717) is 12.0 Å². The summed E-state index contributed by atoms with van der Waals surface area (Å²) >= 11 is 0.